The van der Waals surface area contributed by atoms with Gasteiger partial charge in [-0.05, 0) is 66.5 Å². The molecule has 0 heterocycles. The maximum Gasteiger partial charge on any atom is 0.0439 e. The predicted molar refractivity (Wildman–Crippen MR) is 94.7 cm³/mol. The van der Waals surface area contributed by atoms with E-state index in [1.54, 1.807) is 0 Å². The molecule has 0 saturated carbocycles. The van der Waals surface area contributed by atoms with Crippen molar-refractivity contribution in [1.82, 2.24) is 0 Å². The van der Waals surface area contributed by atoms with Crippen molar-refractivity contribution in [2.24, 2.45) is 5.92 Å². The average molecular weight is 384 g/mol. The Morgan fingerprint density at radius 2 is 1.90 bits per heavy atom. The van der Waals surface area contributed by atoms with E-state index in [4.69, 9.17) is 23.2 Å². The molecule has 21 heavy (non-hydrogen) atoms. The minimum Gasteiger partial charge on any atom is -0.0843 e. The third-order valence-corrected chi connectivity index (χ3v) is 6.12. The SMILES string of the molecule is Clc1ccc(Cl)c(CC2CCCc3ccccc3C2Br)c1. The van der Waals surface area contributed by atoms with Crippen LogP contribution in [0.5, 0.6) is 0 Å². The highest BCUT2D eigenvalue weighted by Crippen LogP contribution is 2.41. The molecule has 1 aliphatic rings. The van der Waals surface area contributed by atoms with Crippen molar-refractivity contribution < 1.29 is 0 Å². The summed E-state index contributed by atoms with van der Waals surface area (Å²) in [4.78, 5) is 0.381. The van der Waals surface area contributed by atoms with Crippen LogP contribution >= 0.6 is 39.1 Å². The minimum atomic E-state index is 0.381. The highest BCUT2D eigenvalue weighted by molar-refractivity contribution is 9.09. The summed E-state index contributed by atoms with van der Waals surface area (Å²) in [5, 5.41) is 1.58. The second-order valence-electron chi connectivity index (χ2n) is 5.69. The second kappa shape index (κ2) is 6.73. The first-order valence-electron chi connectivity index (χ1n) is 7.31. The van der Waals surface area contributed by atoms with Gasteiger partial charge in [0.15, 0.2) is 0 Å². The molecule has 1 aliphatic carbocycles. The van der Waals surface area contributed by atoms with Crippen LogP contribution in [-0.2, 0) is 12.8 Å². The van der Waals surface area contributed by atoms with E-state index in [2.05, 4.69) is 40.2 Å². The minimum absolute atomic E-state index is 0.381. The lowest BCUT2D eigenvalue weighted by Gasteiger charge is -2.22. The van der Waals surface area contributed by atoms with Crippen LogP contribution < -0.4 is 0 Å². The molecular weight excluding hydrogens is 367 g/mol. The van der Waals surface area contributed by atoms with Crippen LogP contribution in [0.15, 0.2) is 42.5 Å². The zero-order valence-electron chi connectivity index (χ0n) is 11.7. The van der Waals surface area contributed by atoms with E-state index in [0.29, 0.717) is 10.7 Å². The highest BCUT2D eigenvalue weighted by Gasteiger charge is 2.26. The Hall–Kier alpha value is -0.500. The van der Waals surface area contributed by atoms with Gasteiger partial charge < -0.3 is 0 Å². The summed E-state index contributed by atoms with van der Waals surface area (Å²) >= 11 is 16.4. The Bertz CT molecular complexity index is 639. The fraction of sp³-hybridized carbons (Fsp3) is 0.333. The first-order valence-corrected chi connectivity index (χ1v) is 8.98. The van der Waals surface area contributed by atoms with Crippen molar-refractivity contribution in [3.63, 3.8) is 0 Å². The fourth-order valence-electron chi connectivity index (χ4n) is 3.17. The summed E-state index contributed by atoms with van der Waals surface area (Å²) < 4.78 is 0. The van der Waals surface area contributed by atoms with Gasteiger partial charge in [-0.15, -0.1) is 0 Å². The Morgan fingerprint density at radius 1 is 1.10 bits per heavy atom. The zero-order valence-corrected chi connectivity index (χ0v) is 14.8. The standard InChI is InChI=1S/C18H17BrCl2/c19-18-13(10-14-11-15(20)8-9-17(14)21)6-3-5-12-4-1-2-7-16(12)18/h1-2,4,7-9,11,13,18H,3,5-6,10H2. The molecule has 3 rings (SSSR count). The van der Waals surface area contributed by atoms with Crippen molar-refractivity contribution in [3.8, 4) is 0 Å². The Kier molecular flexibility index (Phi) is 4.93. The van der Waals surface area contributed by atoms with Gasteiger partial charge in [-0.2, -0.15) is 0 Å². The fourth-order valence-corrected chi connectivity index (χ4v) is 4.46. The van der Waals surface area contributed by atoms with Gasteiger partial charge >= 0.3 is 0 Å². The summed E-state index contributed by atoms with van der Waals surface area (Å²) in [5.41, 5.74) is 4.05. The van der Waals surface area contributed by atoms with E-state index < -0.39 is 0 Å². The van der Waals surface area contributed by atoms with Gasteiger partial charge in [0.2, 0.25) is 0 Å². The van der Waals surface area contributed by atoms with Gasteiger partial charge in [0, 0.05) is 14.9 Å². The van der Waals surface area contributed by atoms with Gasteiger partial charge in [0.05, 0.1) is 0 Å². The molecule has 0 amide bonds. The van der Waals surface area contributed by atoms with E-state index >= 15 is 0 Å². The Labute approximate surface area is 144 Å². The summed E-state index contributed by atoms with van der Waals surface area (Å²) in [5.74, 6) is 0.546. The summed E-state index contributed by atoms with van der Waals surface area (Å²) in [6, 6.07) is 14.5. The van der Waals surface area contributed by atoms with Gasteiger partial charge in [0.25, 0.3) is 0 Å². The molecular formula is C18H17BrCl2. The molecule has 3 heteroatoms. The van der Waals surface area contributed by atoms with Crippen LogP contribution in [0.4, 0.5) is 0 Å². The molecule has 0 spiro atoms. The number of benzene rings is 2. The Balaban J connectivity index is 1.87. The van der Waals surface area contributed by atoms with E-state index in [-0.39, 0.29) is 0 Å². The highest BCUT2D eigenvalue weighted by atomic mass is 79.9. The lowest BCUT2D eigenvalue weighted by atomic mass is 9.90. The molecule has 0 nitrogen and oxygen atoms in total. The van der Waals surface area contributed by atoms with Crippen molar-refractivity contribution in [3.05, 3.63) is 69.2 Å². The smallest absolute Gasteiger partial charge is 0.0439 e. The molecule has 0 fully saturated rings. The van der Waals surface area contributed by atoms with Crippen LogP contribution in [0.2, 0.25) is 10.0 Å². The van der Waals surface area contributed by atoms with Crippen LogP contribution in [0.3, 0.4) is 0 Å². The monoisotopic (exact) mass is 382 g/mol. The lowest BCUT2D eigenvalue weighted by molar-refractivity contribution is 0.475. The van der Waals surface area contributed by atoms with E-state index in [9.17, 15) is 0 Å². The largest absolute Gasteiger partial charge is 0.0843 e. The van der Waals surface area contributed by atoms with Gasteiger partial charge in [-0.3, -0.25) is 0 Å². The molecule has 0 aliphatic heterocycles. The third kappa shape index (κ3) is 3.47. The van der Waals surface area contributed by atoms with E-state index in [1.165, 1.54) is 24.0 Å². The van der Waals surface area contributed by atoms with Gasteiger partial charge in [-0.25, -0.2) is 0 Å². The Morgan fingerprint density at radius 3 is 2.76 bits per heavy atom. The molecule has 110 valence electrons. The predicted octanol–water partition coefficient (Wildman–Crippen LogP) is 6.62. The number of hydrogen-bond acceptors (Lipinski definition) is 0. The van der Waals surface area contributed by atoms with Crippen molar-refractivity contribution in [2.75, 3.05) is 0 Å². The molecule has 2 unspecified atom stereocenters. The number of aryl methyl sites for hydroxylation is 1. The first-order chi connectivity index (χ1) is 10.1. The topological polar surface area (TPSA) is 0 Å². The van der Waals surface area contributed by atoms with Gasteiger partial charge in [0.1, 0.15) is 0 Å². The normalized spacial score (nSPS) is 21.7. The number of hydrogen-bond donors (Lipinski definition) is 0. The molecule has 0 N–H and O–H groups in total. The maximum absolute atomic E-state index is 6.33. The summed E-state index contributed by atoms with van der Waals surface area (Å²) in [6.07, 6.45) is 4.55. The van der Waals surface area contributed by atoms with Crippen LogP contribution in [-0.4, -0.2) is 0 Å². The summed E-state index contributed by atoms with van der Waals surface area (Å²) in [6.45, 7) is 0. The maximum atomic E-state index is 6.33. The lowest BCUT2D eigenvalue weighted by Crippen LogP contribution is -2.10. The van der Waals surface area contributed by atoms with Crippen LogP contribution in [0.25, 0.3) is 0 Å². The van der Waals surface area contributed by atoms with Crippen molar-refractivity contribution >= 4 is 39.1 Å². The molecule has 2 aromatic rings. The quantitative estimate of drug-likeness (QED) is 0.403. The average Bonchev–Trinajstić information content (AvgIpc) is 2.64. The van der Waals surface area contributed by atoms with E-state index in [1.807, 2.05) is 18.2 Å². The summed E-state index contributed by atoms with van der Waals surface area (Å²) in [7, 11) is 0. The van der Waals surface area contributed by atoms with E-state index in [0.717, 1.165) is 28.5 Å². The number of alkyl halides is 1. The zero-order chi connectivity index (χ0) is 14.8. The number of halogens is 3. The molecule has 0 radical (unpaired) electrons. The molecule has 0 aromatic heterocycles. The molecule has 2 atom stereocenters. The number of rotatable bonds is 2. The number of fused-ring (bicyclic) bond motifs is 1. The van der Waals surface area contributed by atoms with Crippen molar-refractivity contribution in [2.45, 2.75) is 30.5 Å². The van der Waals surface area contributed by atoms with Crippen LogP contribution in [0, 0.1) is 5.92 Å². The molecule has 0 bridgehead atoms. The first kappa shape index (κ1) is 15.4. The molecule has 2 aromatic carbocycles. The van der Waals surface area contributed by atoms with Crippen LogP contribution in [0.1, 0.15) is 34.4 Å². The second-order valence-corrected chi connectivity index (χ2v) is 7.52. The molecule has 0 saturated heterocycles. The van der Waals surface area contributed by atoms with Crippen molar-refractivity contribution in [1.29, 1.82) is 0 Å². The van der Waals surface area contributed by atoms with Gasteiger partial charge in [-0.1, -0.05) is 63.4 Å². The third-order valence-electron chi connectivity index (χ3n) is 4.28.